The minimum atomic E-state index is -1.09. The Labute approximate surface area is 103 Å². The third-order valence-electron chi connectivity index (χ3n) is 2.24. The van der Waals surface area contributed by atoms with Gasteiger partial charge in [0.2, 0.25) is 0 Å². The van der Waals surface area contributed by atoms with Gasteiger partial charge in [-0.3, -0.25) is 0 Å². The highest BCUT2D eigenvalue weighted by atomic mass is 16.4. The molecule has 0 saturated heterocycles. The molecule has 0 aliphatic carbocycles. The molecule has 18 heavy (non-hydrogen) atoms. The highest BCUT2D eigenvalue weighted by molar-refractivity contribution is 5.94. The van der Waals surface area contributed by atoms with Crippen molar-refractivity contribution in [1.82, 2.24) is 15.2 Å². The Bertz CT molecular complexity index is 559. The number of carbonyl (C=O) groups is 1. The number of nitrogen functional groups attached to an aromatic ring is 1. The highest BCUT2D eigenvalue weighted by Gasteiger charge is 2.09. The molecule has 7 nitrogen and oxygen atoms in total. The Balaban J connectivity index is 2.11. The van der Waals surface area contributed by atoms with Crippen LogP contribution >= 0.6 is 0 Å². The minimum absolute atomic E-state index is 0.0200. The molecule has 0 fully saturated rings. The number of pyridine rings is 1. The predicted molar refractivity (Wildman–Crippen MR) is 65.0 cm³/mol. The van der Waals surface area contributed by atoms with Crippen molar-refractivity contribution < 1.29 is 9.90 Å². The monoisotopic (exact) mass is 245 g/mol. The van der Waals surface area contributed by atoms with E-state index in [0.717, 1.165) is 5.69 Å². The van der Waals surface area contributed by atoms with E-state index in [0.29, 0.717) is 12.4 Å². The molecule has 0 saturated carbocycles. The normalized spacial score (nSPS) is 10.0. The second-order valence-electron chi connectivity index (χ2n) is 3.53. The SMILES string of the molecule is Nc1cnc(NCc2cccnn2)cc1C(=O)O. The van der Waals surface area contributed by atoms with Crippen molar-refractivity contribution in [1.29, 1.82) is 0 Å². The lowest BCUT2D eigenvalue weighted by Gasteiger charge is -2.06. The lowest BCUT2D eigenvalue weighted by molar-refractivity contribution is 0.0698. The molecule has 7 heteroatoms. The largest absolute Gasteiger partial charge is 0.478 e. The summed E-state index contributed by atoms with van der Waals surface area (Å²) in [5, 5.41) is 19.5. The molecular formula is C11H11N5O2. The lowest BCUT2D eigenvalue weighted by atomic mass is 10.2. The first-order valence-electron chi connectivity index (χ1n) is 5.16. The van der Waals surface area contributed by atoms with E-state index in [9.17, 15) is 4.79 Å². The van der Waals surface area contributed by atoms with E-state index in [1.165, 1.54) is 12.3 Å². The minimum Gasteiger partial charge on any atom is -0.478 e. The van der Waals surface area contributed by atoms with Gasteiger partial charge in [-0.15, -0.1) is 0 Å². The van der Waals surface area contributed by atoms with Crippen LogP contribution in [0.4, 0.5) is 11.5 Å². The van der Waals surface area contributed by atoms with E-state index in [4.69, 9.17) is 10.8 Å². The van der Waals surface area contributed by atoms with Crippen LogP contribution in [0.3, 0.4) is 0 Å². The Kier molecular flexibility index (Phi) is 3.33. The zero-order valence-corrected chi connectivity index (χ0v) is 9.37. The van der Waals surface area contributed by atoms with Gasteiger partial charge in [0.05, 0.1) is 29.7 Å². The summed E-state index contributed by atoms with van der Waals surface area (Å²) in [6, 6.07) is 4.95. The Hall–Kier alpha value is -2.70. The van der Waals surface area contributed by atoms with Gasteiger partial charge in [0, 0.05) is 6.20 Å². The summed E-state index contributed by atoms with van der Waals surface area (Å²) in [4.78, 5) is 14.9. The van der Waals surface area contributed by atoms with E-state index in [-0.39, 0.29) is 11.3 Å². The molecule has 0 amide bonds. The van der Waals surface area contributed by atoms with Gasteiger partial charge in [0.1, 0.15) is 5.82 Å². The van der Waals surface area contributed by atoms with Crippen LogP contribution in [0.1, 0.15) is 16.1 Å². The van der Waals surface area contributed by atoms with Crippen LogP contribution in [-0.4, -0.2) is 26.3 Å². The quantitative estimate of drug-likeness (QED) is 0.728. The van der Waals surface area contributed by atoms with Gasteiger partial charge in [-0.1, -0.05) is 0 Å². The molecule has 0 spiro atoms. The molecule has 2 aromatic heterocycles. The molecule has 0 aliphatic rings. The van der Waals surface area contributed by atoms with E-state index in [2.05, 4.69) is 20.5 Å². The predicted octanol–water partition coefficient (Wildman–Crippen LogP) is 0.764. The second kappa shape index (κ2) is 5.09. The summed E-state index contributed by atoms with van der Waals surface area (Å²) in [7, 11) is 0. The Morgan fingerprint density at radius 1 is 1.50 bits per heavy atom. The van der Waals surface area contributed by atoms with Crippen LogP contribution in [0.5, 0.6) is 0 Å². The first-order valence-corrected chi connectivity index (χ1v) is 5.16. The van der Waals surface area contributed by atoms with Crippen molar-refractivity contribution in [2.24, 2.45) is 0 Å². The van der Waals surface area contributed by atoms with Crippen molar-refractivity contribution in [3.8, 4) is 0 Å². The van der Waals surface area contributed by atoms with Crippen LogP contribution in [0.15, 0.2) is 30.6 Å². The molecule has 0 bridgehead atoms. The Morgan fingerprint density at radius 2 is 2.33 bits per heavy atom. The number of carboxylic acids is 1. The van der Waals surface area contributed by atoms with Crippen LogP contribution in [0, 0.1) is 0 Å². The maximum Gasteiger partial charge on any atom is 0.337 e. The zero-order valence-electron chi connectivity index (χ0n) is 9.37. The van der Waals surface area contributed by atoms with Crippen molar-refractivity contribution in [3.63, 3.8) is 0 Å². The molecule has 92 valence electrons. The average Bonchev–Trinajstić information content (AvgIpc) is 2.38. The van der Waals surface area contributed by atoms with Gasteiger partial charge < -0.3 is 16.2 Å². The Morgan fingerprint density at radius 3 is 3.00 bits per heavy atom. The first-order chi connectivity index (χ1) is 8.66. The highest BCUT2D eigenvalue weighted by Crippen LogP contribution is 2.15. The van der Waals surface area contributed by atoms with Crippen molar-refractivity contribution in [2.75, 3.05) is 11.1 Å². The molecule has 4 N–H and O–H groups in total. The summed E-state index contributed by atoms with van der Waals surface area (Å²) in [5.74, 6) is -0.662. The van der Waals surface area contributed by atoms with Gasteiger partial charge in [0.25, 0.3) is 0 Å². The number of hydrogen-bond donors (Lipinski definition) is 3. The lowest BCUT2D eigenvalue weighted by Crippen LogP contribution is -2.08. The maximum absolute atomic E-state index is 10.9. The van der Waals surface area contributed by atoms with Crippen molar-refractivity contribution in [3.05, 3.63) is 41.9 Å². The smallest absolute Gasteiger partial charge is 0.337 e. The number of aromatic carboxylic acids is 1. The molecule has 0 radical (unpaired) electrons. The van der Waals surface area contributed by atoms with Gasteiger partial charge in [-0.05, 0) is 18.2 Å². The van der Waals surface area contributed by atoms with Gasteiger partial charge >= 0.3 is 5.97 Å². The van der Waals surface area contributed by atoms with Gasteiger partial charge in [-0.2, -0.15) is 10.2 Å². The topological polar surface area (TPSA) is 114 Å². The molecule has 0 aliphatic heterocycles. The summed E-state index contributed by atoms with van der Waals surface area (Å²) in [6.07, 6.45) is 2.88. The maximum atomic E-state index is 10.9. The van der Waals surface area contributed by atoms with E-state index >= 15 is 0 Å². The van der Waals surface area contributed by atoms with Crippen LogP contribution in [-0.2, 0) is 6.54 Å². The van der Waals surface area contributed by atoms with Gasteiger partial charge in [0.15, 0.2) is 0 Å². The van der Waals surface area contributed by atoms with E-state index < -0.39 is 5.97 Å². The summed E-state index contributed by atoms with van der Waals surface area (Å²) < 4.78 is 0. The number of nitrogens with zero attached hydrogens (tertiary/aromatic N) is 3. The summed E-state index contributed by atoms with van der Waals surface area (Å²) in [5.41, 5.74) is 6.39. The molecule has 0 unspecified atom stereocenters. The average molecular weight is 245 g/mol. The molecule has 2 aromatic rings. The summed E-state index contributed by atoms with van der Waals surface area (Å²) in [6.45, 7) is 0.407. The molecule has 2 rings (SSSR count). The van der Waals surface area contributed by atoms with Crippen LogP contribution in [0.2, 0.25) is 0 Å². The van der Waals surface area contributed by atoms with Crippen molar-refractivity contribution >= 4 is 17.5 Å². The standard InChI is InChI=1S/C11H11N5O2/c12-9-6-14-10(4-8(9)11(17)18)13-5-7-2-1-3-15-16-7/h1-4,6H,5,12H2,(H,13,14)(H,17,18). The number of rotatable bonds is 4. The molecule has 0 atom stereocenters. The zero-order chi connectivity index (χ0) is 13.0. The summed E-state index contributed by atoms with van der Waals surface area (Å²) >= 11 is 0. The number of carboxylic acid groups (broad SMARTS) is 1. The molecule has 0 aromatic carbocycles. The van der Waals surface area contributed by atoms with Crippen LogP contribution in [0.25, 0.3) is 0 Å². The number of anilines is 2. The van der Waals surface area contributed by atoms with Crippen LogP contribution < -0.4 is 11.1 Å². The number of nitrogens with two attached hydrogens (primary N) is 1. The van der Waals surface area contributed by atoms with E-state index in [1.807, 2.05) is 0 Å². The second-order valence-corrected chi connectivity index (χ2v) is 3.53. The third-order valence-corrected chi connectivity index (χ3v) is 2.24. The molecular weight excluding hydrogens is 234 g/mol. The third kappa shape index (κ3) is 2.70. The fraction of sp³-hybridized carbons (Fsp3) is 0.0909. The number of hydrogen-bond acceptors (Lipinski definition) is 6. The first kappa shape index (κ1) is 11.8. The van der Waals surface area contributed by atoms with E-state index in [1.54, 1.807) is 18.3 Å². The molecule has 2 heterocycles. The fourth-order valence-electron chi connectivity index (χ4n) is 1.36. The van der Waals surface area contributed by atoms with Gasteiger partial charge in [-0.25, -0.2) is 9.78 Å². The fourth-order valence-corrected chi connectivity index (χ4v) is 1.36. The number of nitrogens with one attached hydrogen (secondary N) is 1. The van der Waals surface area contributed by atoms with Crippen molar-refractivity contribution in [2.45, 2.75) is 6.54 Å². The number of aromatic nitrogens is 3.